The molecule has 0 saturated carbocycles. The summed E-state index contributed by atoms with van der Waals surface area (Å²) in [5.74, 6) is 2.03. The number of anilines is 2. The molecule has 0 bridgehead atoms. The van der Waals surface area contributed by atoms with Crippen LogP contribution in [0.2, 0.25) is 0 Å². The molecule has 0 amide bonds. The van der Waals surface area contributed by atoms with E-state index in [1.807, 2.05) is 30.0 Å². The van der Waals surface area contributed by atoms with Crippen LogP contribution in [0, 0.1) is 0 Å². The molecule has 0 aliphatic rings. The molecule has 0 atom stereocenters. The monoisotopic (exact) mass is 283 g/mol. The molecule has 0 aliphatic heterocycles. The number of nitrogen functional groups attached to an aromatic ring is 1. The van der Waals surface area contributed by atoms with E-state index in [-0.39, 0.29) is 6.61 Å². The van der Waals surface area contributed by atoms with E-state index < -0.39 is 0 Å². The molecule has 0 spiro atoms. The minimum Gasteiger partial charge on any atom is -0.399 e. The molecule has 0 saturated heterocycles. The molecule has 4 N–H and O–H groups in total. The maximum absolute atomic E-state index is 8.66. The van der Waals surface area contributed by atoms with Gasteiger partial charge in [0.1, 0.15) is 0 Å². The molecule has 0 fully saturated rings. The number of nitrogens with two attached hydrogens (primary N) is 1. The van der Waals surface area contributed by atoms with Gasteiger partial charge in [0.2, 0.25) is 0 Å². The van der Waals surface area contributed by atoms with Gasteiger partial charge in [0.15, 0.2) is 5.13 Å². The van der Waals surface area contributed by atoms with Crippen LogP contribution in [-0.2, 0) is 0 Å². The predicted octanol–water partition coefficient (Wildman–Crippen LogP) is 2.41. The van der Waals surface area contributed by atoms with Crippen LogP contribution in [0.1, 0.15) is 6.42 Å². The topological polar surface area (TPSA) is 71.2 Å². The highest BCUT2D eigenvalue weighted by Crippen LogP contribution is 2.27. The zero-order valence-electron chi connectivity index (χ0n) is 10.1. The van der Waals surface area contributed by atoms with Crippen LogP contribution in [-0.4, -0.2) is 34.7 Å². The Hall–Kier alpha value is -0.980. The number of thiazole rings is 1. The van der Waals surface area contributed by atoms with Gasteiger partial charge in [-0.2, -0.15) is 11.8 Å². The van der Waals surface area contributed by atoms with E-state index in [2.05, 4.69) is 10.3 Å². The van der Waals surface area contributed by atoms with Gasteiger partial charge < -0.3 is 16.2 Å². The lowest BCUT2D eigenvalue weighted by Crippen LogP contribution is -2.04. The third kappa shape index (κ3) is 3.76. The van der Waals surface area contributed by atoms with Crippen molar-refractivity contribution in [3.8, 4) is 0 Å². The highest BCUT2D eigenvalue weighted by Gasteiger charge is 2.03. The van der Waals surface area contributed by atoms with Crippen LogP contribution >= 0.6 is 23.1 Å². The lowest BCUT2D eigenvalue weighted by Gasteiger charge is -2.01. The minimum absolute atomic E-state index is 0.278. The molecular formula is C12H17N3OS2. The molecule has 2 aromatic rings. The molecule has 98 valence electrons. The van der Waals surface area contributed by atoms with Crippen LogP contribution in [0.3, 0.4) is 0 Å². The van der Waals surface area contributed by atoms with Gasteiger partial charge in [-0.3, -0.25) is 0 Å². The average Bonchev–Trinajstić information content (AvgIpc) is 2.75. The fourth-order valence-electron chi connectivity index (χ4n) is 1.52. The Labute approximate surface area is 115 Å². The van der Waals surface area contributed by atoms with Crippen LogP contribution in [0.25, 0.3) is 10.2 Å². The summed E-state index contributed by atoms with van der Waals surface area (Å²) in [5.41, 5.74) is 7.50. The SMILES string of the molecule is Nc1ccc2nc(NCCSCCCO)sc2c1. The number of aromatic nitrogens is 1. The zero-order valence-corrected chi connectivity index (χ0v) is 11.7. The van der Waals surface area contributed by atoms with Gasteiger partial charge in [0.05, 0.1) is 10.2 Å². The van der Waals surface area contributed by atoms with E-state index in [9.17, 15) is 0 Å². The molecule has 0 unspecified atom stereocenters. The summed E-state index contributed by atoms with van der Waals surface area (Å²) in [7, 11) is 0. The molecule has 18 heavy (non-hydrogen) atoms. The Morgan fingerprint density at radius 2 is 2.28 bits per heavy atom. The lowest BCUT2D eigenvalue weighted by atomic mass is 10.3. The van der Waals surface area contributed by atoms with Crippen molar-refractivity contribution in [2.75, 3.05) is 35.7 Å². The van der Waals surface area contributed by atoms with E-state index in [0.717, 1.165) is 45.5 Å². The number of aliphatic hydroxyl groups excluding tert-OH is 1. The van der Waals surface area contributed by atoms with Crippen molar-refractivity contribution in [3.05, 3.63) is 18.2 Å². The van der Waals surface area contributed by atoms with Gasteiger partial charge in [-0.25, -0.2) is 4.98 Å². The van der Waals surface area contributed by atoms with Crippen LogP contribution in [0.15, 0.2) is 18.2 Å². The molecule has 2 rings (SSSR count). The standard InChI is InChI=1S/C12H17N3OS2/c13-9-2-3-10-11(8-9)18-12(15-10)14-4-7-17-6-1-5-16/h2-3,8,16H,1,4-7,13H2,(H,14,15). The third-order valence-corrected chi connectivity index (χ3v) is 4.43. The molecular weight excluding hydrogens is 266 g/mol. The second-order valence-electron chi connectivity index (χ2n) is 3.86. The molecule has 1 heterocycles. The second kappa shape index (κ2) is 6.82. The fraction of sp³-hybridized carbons (Fsp3) is 0.417. The van der Waals surface area contributed by atoms with Crippen molar-refractivity contribution in [1.82, 2.24) is 4.98 Å². The number of hydrogen-bond donors (Lipinski definition) is 3. The first-order valence-corrected chi connectivity index (χ1v) is 7.85. The van der Waals surface area contributed by atoms with Crippen molar-refractivity contribution in [2.45, 2.75) is 6.42 Å². The number of aliphatic hydroxyl groups is 1. The van der Waals surface area contributed by atoms with Gasteiger partial charge in [-0.15, -0.1) is 0 Å². The number of rotatable bonds is 7. The molecule has 6 heteroatoms. The highest BCUT2D eigenvalue weighted by molar-refractivity contribution is 7.99. The summed E-state index contributed by atoms with van der Waals surface area (Å²) < 4.78 is 1.12. The van der Waals surface area contributed by atoms with E-state index in [1.165, 1.54) is 0 Å². The quantitative estimate of drug-likeness (QED) is 0.537. The Kier molecular flexibility index (Phi) is 5.10. The van der Waals surface area contributed by atoms with Crippen LogP contribution in [0.5, 0.6) is 0 Å². The number of nitrogens with zero attached hydrogens (tertiary/aromatic N) is 1. The summed E-state index contributed by atoms with van der Waals surface area (Å²) >= 11 is 3.47. The van der Waals surface area contributed by atoms with Crippen molar-refractivity contribution >= 4 is 44.1 Å². The van der Waals surface area contributed by atoms with Crippen LogP contribution in [0.4, 0.5) is 10.8 Å². The normalized spacial score (nSPS) is 10.9. The van der Waals surface area contributed by atoms with Gasteiger partial charge in [0, 0.05) is 24.6 Å². The van der Waals surface area contributed by atoms with Crippen molar-refractivity contribution in [1.29, 1.82) is 0 Å². The summed E-state index contributed by atoms with van der Waals surface area (Å²) in [6.45, 7) is 1.17. The first-order chi connectivity index (χ1) is 8.79. The summed E-state index contributed by atoms with van der Waals surface area (Å²) in [4.78, 5) is 4.49. The molecule has 0 radical (unpaired) electrons. The highest BCUT2D eigenvalue weighted by atomic mass is 32.2. The second-order valence-corrected chi connectivity index (χ2v) is 6.12. The van der Waals surface area contributed by atoms with Gasteiger partial charge in [-0.1, -0.05) is 11.3 Å². The van der Waals surface area contributed by atoms with E-state index in [1.54, 1.807) is 11.3 Å². The number of benzene rings is 1. The zero-order chi connectivity index (χ0) is 12.8. The van der Waals surface area contributed by atoms with Crippen LogP contribution < -0.4 is 11.1 Å². The Balaban J connectivity index is 1.81. The van der Waals surface area contributed by atoms with Crippen molar-refractivity contribution < 1.29 is 5.11 Å². The Morgan fingerprint density at radius 1 is 1.39 bits per heavy atom. The third-order valence-electron chi connectivity index (χ3n) is 2.38. The number of fused-ring (bicyclic) bond motifs is 1. The average molecular weight is 283 g/mol. The number of nitrogens with one attached hydrogen (secondary N) is 1. The number of hydrogen-bond acceptors (Lipinski definition) is 6. The predicted molar refractivity (Wildman–Crippen MR) is 81.5 cm³/mol. The van der Waals surface area contributed by atoms with E-state index in [4.69, 9.17) is 10.8 Å². The Morgan fingerprint density at radius 3 is 3.11 bits per heavy atom. The van der Waals surface area contributed by atoms with E-state index in [0.29, 0.717) is 0 Å². The molecule has 4 nitrogen and oxygen atoms in total. The largest absolute Gasteiger partial charge is 0.399 e. The molecule has 1 aromatic heterocycles. The molecule has 1 aromatic carbocycles. The van der Waals surface area contributed by atoms with Gasteiger partial charge >= 0.3 is 0 Å². The summed E-state index contributed by atoms with van der Waals surface area (Å²) in [6, 6.07) is 5.77. The first-order valence-electron chi connectivity index (χ1n) is 5.88. The fourth-order valence-corrected chi connectivity index (χ4v) is 3.24. The molecule has 0 aliphatic carbocycles. The van der Waals surface area contributed by atoms with Crippen molar-refractivity contribution in [3.63, 3.8) is 0 Å². The van der Waals surface area contributed by atoms with Crippen molar-refractivity contribution in [2.24, 2.45) is 0 Å². The minimum atomic E-state index is 0.278. The number of thioether (sulfide) groups is 1. The lowest BCUT2D eigenvalue weighted by molar-refractivity contribution is 0.296. The van der Waals surface area contributed by atoms with E-state index >= 15 is 0 Å². The first kappa shape index (κ1) is 13.5. The Bertz CT molecular complexity index is 501. The maximum atomic E-state index is 8.66. The van der Waals surface area contributed by atoms with Gasteiger partial charge in [-0.05, 0) is 30.4 Å². The van der Waals surface area contributed by atoms with Gasteiger partial charge in [0.25, 0.3) is 0 Å². The summed E-state index contributed by atoms with van der Waals surface area (Å²) in [5, 5.41) is 12.9. The summed E-state index contributed by atoms with van der Waals surface area (Å²) in [6.07, 6.45) is 0.866. The smallest absolute Gasteiger partial charge is 0.183 e. The maximum Gasteiger partial charge on any atom is 0.183 e.